The summed E-state index contributed by atoms with van der Waals surface area (Å²) in [6.45, 7) is 3.80. The molecule has 0 aliphatic carbocycles. The standard InChI is InChI=1S/C17H26N2O3S/c1-22-16-5-7-17(8-6-16)23(20,21)19-13-9-15(10-14-19)18-11-3-2-4-12-18/h5-8,15H,2-4,9-14H2,1H3/p+1. The molecule has 0 saturated carbocycles. The first-order valence-corrected chi connectivity index (χ1v) is 10.0. The molecule has 2 saturated heterocycles. The summed E-state index contributed by atoms with van der Waals surface area (Å²) >= 11 is 0. The van der Waals surface area contributed by atoms with Gasteiger partial charge in [0, 0.05) is 25.9 Å². The molecule has 128 valence electrons. The molecule has 5 nitrogen and oxygen atoms in total. The highest BCUT2D eigenvalue weighted by Crippen LogP contribution is 2.22. The molecule has 1 aromatic carbocycles. The third-order valence-corrected chi connectivity index (χ3v) is 7.14. The van der Waals surface area contributed by atoms with Crippen molar-refractivity contribution in [3.8, 4) is 5.75 Å². The van der Waals surface area contributed by atoms with E-state index in [-0.39, 0.29) is 0 Å². The average Bonchev–Trinajstić information content (AvgIpc) is 2.62. The maximum absolute atomic E-state index is 12.7. The molecule has 0 atom stereocenters. The Morgan fingerprint density at radius 2 is 1.65 bits per heavy atom. The zero-order valence-electron chi connectivity index (χ0n) is 13.8. The topological polar surface area (TPSA) is 51.1 Å². The third-order valence-electron chi connectivity index (χ3n) is 5.22. The van der Waals surface area contributed by atoms with Gasteiger partial charge in [-0.1, -0.05) is 0 Å². The fourth-order valence-electron chi connectivity index (χ4n) is 3.82. The first-order valence-electron chi connectivity index (χ1n) is 8.60. The van der Waals surface area contributed by atoms with Crippen LogP contribution in [-0.2, 0) is 10.0 Å². The van der Waals surface area contributed by atoms with Crippen molar-refractivity contribution in [3.63, 3.8) is 0 Å². The predicted octanol–water partition coefficient (Wildman–Crippen LogP) is 0.917. The van der Waals surface area contributed by atoms with Crippen LogP contribution >= 0.6 is 0 Å². The summed E-state index contributed by atoms with van der Waals surface area (Å²) in [6.07, 6.45) is 5.95. The molecule has 2 heterocycles. The van der Waals surface area contributed by atoms with Crippen LogP contribution in [0.1, 0.15) is 32.1 Å². The van der Waals surface area contributed by atoms with Crippen LogP contribution in [0.15, 0.2) is 29.2 Å². The molecule has 0 unspecified atom stereocenters. The maximum atomic E-state index is 12.7. The SMILES string of the molecule is COc1ccc(S(=O)(=O)N2CCC([NH+]3CCCCC3)CC2)cc1. The van der Waals surface area contributed by atoms with Gasteiger partial charge in [-0.15, -0.1) is 0 Å². The molecule has 0 bridgehead atoms. The average molecular weight is 339 g/mol. The highest BCUT2D eigenvalue weighted by Gasteiger charge is 2.33. The number of methoxy groups -OCH3 is 1. The molecule has 23 heavy (non-hydrogen) atoms. The normalized spacial score (nSPS) is 22.1. The van der Waals surface area contributed by atoms with Crippen LogP contribution < -0.4 is 9.64 Å². The Morgan fingerprint density at radius 1 is 1.04 bits per heavy atom. The third kappa shape index (κ3) is 3.70. The van der Waals surface area contributed by atoms with Crippen molar-refractivity contribution >= 4 is 10.0 Å². The van der Waals surface area contributed by atoms with E-state index in [1.165, 1.54) is 32.4 Å². The van der Waals surface area contributed by atoms with Gasteiger partial charge in [-0.05, 0) is 43.5 Å². The number of piperidine rings is 2. The molecule has 1 N–H and O–H groups in total. The summed E-state index contributed by atoms with van der Waals surface area (Å²) in [6, 6.07) is 7.32. The molecule has 2 fully saturated rings. The van der Waals surface area contributed by atoms with E-state index in [9.17, 15) is 8.42 Å². The Bertz CT molecular complexity index is 601. The van der Waals surface area contributed by atoms with E-state index in [4.69, 9.17) is 4.74 Å². The van der Waals surface area contributed by atoms with Gasteiger partial charge in [0.2, 0.25) is 10.0 Å². The smallest absolute Gasteiger partial charge is 0.243 e. The van der Waals surface area contributed by atoms with Crippen molar-refractivity contribution in [2.75, 3.05) is 33.3 Å². The first-order chi connectivity index (χ1) is 11.1. The summed E-state index contributed by atoms with van der Waals surface area (Å²) in [4.78, 5) is 2.06. The van der Waals surface area contributed by atoms with Gasteiger partial charge < -0.3 is 9.64 Å². The van der Waals surface area contributed by atoms with Gasteiger partial charge in [0.15, 0.2) is 0 Å². The van der Waals surface area contributed by atoms with Gasteiger partial charge >= 0.3 is 0 Å². The number of quaternary nitrogens is 1. The van der Waals surface area contributed by atoms with Crippen LogP contribution in [0, 0.1) is 0 Å². The Labute approximate surface area is 139 Å². The Hall–Kier alpha value is -1.11. The van der Waals surface area contributed by atoms with Crippen LogP contribution in [0.4, 0.5) is 0 Å². The molecule has 2 aliphatic rings. The van der Waals surface area contributed by atoms with Crippen LogP contribution in [0.25, 0.3) is 0 Å². The summed E-state index contributed by atoms with van der Waals surface area (Å²) in [5, 5.41) is 0. The lowest BCUT2D eigenvalue weighted by molar-refractivity contribution is -0.931. The van der Waals surface area contributed by atoms with Crippen molar-refractivity contribution in [2.24, 2.45) is 0 Å². The fraction of sp³-hybridized carbons (Fsp3) is 0.647. The van der Waals surface area contributed by atoms with E-state index in [0.29, 0.717) is 29.8 Å². The molecular weight excluding hydrogens is 312 g/mol. The second-order valence-electron chi connectivity index (χ2n) is 6.57. The van der Waals surface area contributed by atoms with Gasteiger partial charge in [-0.2, -0.15) is 4.31 Å². The molecule has 3 rings (SSSR count). The lowest BCUT2D eigenvalue weighted by atomic mass is 10.0. The van der Waals surface area contributed by atoms with Crippen molar-refractivity contribution in [1.82, 2.24) is 4.31 Å². The number of sulfonamides is 1. The summed E-state index contributed by atoms with van der Waals surface area (Å²) in [5.41, 5.74) is 0. The number of nitrogens with one attached hydrogen (secondary N) is 1. The minimum atomic E-state index is -3.37. The van der Waals surface area contributed by atoms with E-state index in [0.717, 1.165) is 12.8 Å². The quantitative estimate of drug-likeness (QED) is 0.887. The van der Waals surface area contributed by atoms with Crippen LogP contribution in [0.2, 0.25) is 0 Å². The van der Waals surface area contributed by atoms with Crippen molar-refractivity contribution in [2.45, 2.75) is 43.0 Å². The second-order valence-corrected chi connectivity index (χ2v) is 8.51. The number of ether oxygens (including phenoxy) is 1. The maximum Gasteiger partial charge on any atom is 0.243 e. The summed E-state index contributed by atoms with van der Waals surface area (Å²) < 4.78 is 32.2. The number of hydrogen-bond donors (Lipinski definition) is 1. The highest BCUT2D eigenvalue weighted by molar-refractivity contribution is 7.89. The van der Waals surface area contributed by atoms with Gasteiger partial charge in [0.25, 0.3) is 0 Å². The van der Waals surface area contributed by atoms with Crippen LogP contribution in [0.3, 0.4) is 0 Å². The molecule has 0 aromatic heterocycles. The number of rotatable bonds is 4. The van der Waals surface area contributed by atoms with Crippen molar-refractivity contribution < 1.29 is 18.1 Å². The second kappa shape index (κ2) is 7.20. The molecule has 0 amide bonds. The minimum absolute atomic E-state index is 0.363. The lowest BCUT2D eigenvalue weighted by Gasteiger charge is -2.37. The highest BCUT2D eigenvalue weighted by atomic mass is 32.2. The largest absolute Gasteiger partial charge is 0.497 e. The van der Waals surface area contributed by atoms with E-state index < -0.39 is 10.0 Å². The first kappa shape index (κ1) is 16.7. The van der Waals surface area contributed by atoms with E-state index >= 15 is 0 Å². The summed E-state index contributed by atoms with van der Waals surface area (Å²) in [7, 11) is -1.79. The van der Waals surface area contributed by atoms with E-state index in [1.54, 1.807) is 40.6 Å². The molecule has 6 heteroatoms. The van der Waals surface area contributed by atoms with Gasteiger partial charge in [-0.3, -0.25) is 0 Å². The van der Waals surface area contributed by atoms with E-state index in [1.807, 2.05) is 0 Å². The number of nitrogens with zero attached hydrogens (tertiary/aromatic N) is 1. The van der Waals surface area contributed by atoms with Gasteiger partial charge in [-0.25, -0.2) is 8.42 Å². The van der Waals surface area contributed by atoms with Gasteiger partial charge in [0.1, 0.15) is 5.75 Å². The van der Waals surface area contributed by atoms with Crippen LogP contribution in [-0.4, -0.2) is 52.1 Å². The molecular formula is C17H27N2O3S+. The molecule has 0 radical (unpaired) electrons. The lowest BCUT2D eigenvalue weighted by Crippen LogP contribution is -3.16. The molecule has 1 aromatic rings. The van der Waals surface area contributed by atoms with Crippen LogP contribution in [0.5, 0.6) is 5.75 Å². The van der Waals surface area contributed by atoms with Crippen molar-refractivity contribution in [1.29, 1.82) is 0 Å². The number of hydrogen-bond acceptors (Lipinski definition) is 3. The zero-order valence-corrected chi connectivity index (χ0v) is 14.6. The fourth-order valence-corrected chi connectivity index (χ4v) is 5.29. The van der Waals surface area contributed by atoms with Gasteiger partial charge in [0.05, 0.1) is 31.1 Å². The summed E-state index contributed by atoms with van der Waals surface area (Å²) in [5.74, 6) is 0.677. The monoisotopic (exact) mass is 339 g/mol. The van der Waals surface area contributed by atoms with E-state index in [2.05, 4.69) is 0 Å². The van der Waals surface area contributed by atoms with Crippen molar-refractivity contribution in [3.05, 3.63) is 24.3 Å². The molecule has 2 aliphatic heterocycles. The number of benzene rings is 1. The Balaban J connectivity index is 1.63. The Morgan fingerprint density at radius 3 is 2.22 bits per heavy atom. The molecule has 0 spiro atoms. The Kier molecular flexibility index (Phi) is 5.24. The number of likely N-dealkylation sites (tertiary alicyclic amines) is 1. The zero-order chi connectivity index (χ0) is 16.3. The minimum Gasteiger partial charge on any atom is -0.497 e. The predicted molar refractivity (Wildman–Crippen MR) is 89.3 cm³/mol.